The van der Waals surface area contributed by atoms with Crippen LogP contribution in [0.25, 0.3) is 0 Å². The first-order chi connectivity index (χ1) is 7.29. The number of benzene rings is 1. The van der Waals surface area contributed by atoms with Gasteiger partial charge in [0.1, 0.15) is 5.75 Å². The largest absolute Gasteiger partial charge is 0.497 e. The van der Waals surface area contributed by atoms with Crippen LogP contribution in [0.3, 0.4) is 0 Å². The molecule has 15 heavy (non-hydrogen) atoms. The molecule has 0 aromatic heterocycles. The lowest BCUT2D eigenvalue weighted by Crippen LogP contribution is -2.10. The van der Waals surface area contributed by atoms with Crippen LogP contribution in [0.4, 0.5) is 0 Å². The molecule has 0 radical (unpaired) electrons. The Hall–Kier alpha value is -1.28. The van der Waals surface area contributed by atoms with Crippen molar-refractivity contribution in [3.05, 3.63) is 42.0 Å². The molecule has 0 heterocycles. The van der Waals surface area contributed by atoms with Crippen LogP contribution in [0.15, 0.2) is 36.4 Å². The van der Waals surface area contributed by atoms with Crippen LogP contribution in [-0.2, 0) is 0 Å². The summed E-state index contributed by atoms with van der Waals surface area (Å²) >= 11 is 0. The Bertz CT molecular complexity index is 340. The summed E-state index contributed by atoms with van der Waals surface area (Å²) in [6.45, 7) is 0. The van der Waals surface area contributed by atoms with E-state index in [1.165, 1.54) is 5.56 Å². The third-order valence-electron chi connectivity index (χ3n) is 2.88. The average molecular weight is 204 g/mol. The zero-order valence-electron chi connectivity index (χ0n) is 8.89. The molecule has 2 atom stereocenters. The third kappa shape index (κ3) is 2.39. The van der Waals surface area contributed by atoms with Crippen molar-refractivity contribution in [2.24, 2.45) is 0 Å². The summed E-state index contributed by atoms with van der Waals surface area (Å²) in [5.41, 5.74) is 1.29. The Labute approximate surface area is 90.2 Å². The van der Waals surface area contributed by atoms with Gasteiger partial charge in [0.05, 0.1) is 13.2 Å². The first-order valence-corrected chi connectivity index (χ1v) is 5.30. The van der Waals surface area contributed by atoms with Gasteiger partial charge in [-0.25, -0.2) is 0 Å². The highest BCUT2D eigenvalue weighted by Gasteiger charge is 2.14. The number of allylic oxidation sites excluding steroid dienone is 1. The number of hydrogen-bond acceptors (Lipinski definition) is 2. The van der Waals surface area contributed by atoms with Crippen LogP contribution in [0.2, 0.25) is 0 Å². The minimum absolute atomic E-state index is 0.250. The molecule has 0 bridgehead atoms. The van der Waals surface area contributed by atoms with Crippen LogP contribution in [0, 0.1) is 0 Å². The van der Waals surface area contributed by atoms with Gasteiger partial charge in [-0.05, 0) is 30.5 Å². The summed E-state index contributed by atoms with van der Waals surface area (Å²) in [5.74, 6) is 1.33. The van der Waals surface area contributed by atoms with Gasteiger partial charge in [0, 0.05) is 5.92 Å². The molecule has 1 aromatic rings. The van der Waals surface area contributed by atoms with Crippen LogP contribution >= 0.6 is 0 Å². The number of ether oxygens (including phenoxy) is 1. The summed E-state index contributed by atoms with van der Waals surface area (Å²) < 4.78 is 5.12. The maximum Gasteiger partial charge on any atom is 0.118 e. The van der Waals surface area contributed by atoms with E-state index in [4.69, 9.17) is 4.74 Å². The van der Waals surface area contributed by atoms with Gasteiger partial charge in [0.25, 0.3) is 0 Å². The van der Waals surface area contributed by atoms with Crippen molar-refractivity contribution in [1.82, 2.24) is 0 Å². The lowest BCUT2D eigenvalue weighted by Gasteiger charge is -2.20. The molecule has 2 rings (SSSR count). The van der Waals surface area contributed by atoms with E-state index in [0.717, 1.165) is 18.6 Å². The van der Waals surface area contributed by atoms with Crippen LogP contribution in [0.1, 0.15) is 24.3 Å². The summed E-state index contributed by atoms with van der Waals surface area (Å²) in [6, 6.07) is 8.14. The van der Waals surface area contributed by atoms with E-state index in [-0.39, 0.29) is 6.10 Å². The predicted octanol–water partition coefficient (Wildman–Crippen LogP) is 2.49. The second-order valence-electron chi connectivity index (χ2n) is 3.91. The maximum absolute atomic E-state index is 9.35. The fourth-order valence-corrected chi connectivity index (χ4v) is 1.93. The second kappa shape index (κ2) is 4.49. The molecule has 1 aliphatic rings. The monoisotopic (exact) mass is 204 g/mol. The fraction of sp³-hybridized carbons (Fsp3) is 0.385. The van der Waals surface area contributed by atoms with E-state index < -0.39 is 0 Å². The Balaban J connectivity index is 2.12. The van der Waals surface area contributed by atoms with Crippen molar-refractivity contribution in [3.8, 4) is 5.75 Å². The van der Waals surface area contributed by atoms with E-state index in [0.29, 0.717) is 5.92 Å². The molecule has 1 aromatic carbocycles. The minimum atomic E-state index is -0.250. The van der Waals surface area contributed by atoms with E-state index in [2.05, 4.69) is 18.2 Å². The van der Waals surface area contributed by atoms with Gasteiger partial charge in [-0.2, -0.15) is 0 Å². The van der Waals surface area contributed by atoms with Gasteiger partial charge in [0.15, 0.2) is 0 Å². The van der Waals surface area contributed by atoms with E-state index in [9.17, 15) is 5.11 Å². The van der Waals surface area contributed by atoms with E-state index >= 15 is 0 Å². The molecular weight excluding hydrogens is 188 g/mol. The quantitative estimate of drug-likeness (QED) is 0.750. The first kappa shape index (κ1) is 10.2. The molecule has 2 nitrogen and oxygen atoms in total. The summed E-state index contributed by atoms with van der Waals surface area (Å²) in [6.07, 6.45) is 5.60. The standard InChI is InChI=1S/C13H16O2/c1-15-13-8-4-11(5-9-13)10-2-6-12(14)7-3-10/h2,4-6,8-10,12,14H,3,7H2,1H3/t10-,12-/m1/s1. The zero-order chi connectivity index (χ0) is 10.7. The SMILES string of the molecule is COc1ccc([C@@H]2C=C[C@@H](O)CC2)cc1. The Morgan fingerprint density at radius 2 is 1.87 bits per heavy atom. The van der Waals surface area contributed by atoms with Crippen LogP contribution < -0.4 is 4.74 Å². The van der Waals surface area contributed by atoms with Gasteiger partial charge >= 0.3 is 0 Å². The smallest absolute Gasteiger partial charge is 0.118 e. The van der Waals surface area contributed by atoms with Gasteiger partial charge in [-0.1, -0.05) is 24.3 Å². The summed E-state index contributed by atoms with van der Waals surface area (Å²) in [4.78, 5) is 0. The molecule has 0 fully saturated rings. The normalized spacial score (nSPS) is 25.2. The van der Waals surface area contributed by atoms with Gasteiger partial charge in [0.2, 0.25) is 0 Å². The number of hydrogen-bond donors (Lipinski definition) is 1. The summed E-state index contributed by atoms with van der Waals surface area (Å²) in [5, 5.41) is 9.35. The van der Waals surface area contributed by atoms with Crippen molar-refractivity contribution in [3.63, 3.8) is 0 Å². The molecule has 1 aliphatic carbocycles. The fourth-order valence-electron chi connectivity index (χ4n) is 1.93. The predicted molar refractivity (Wildman–Crippen MR) is 60.1 cm³/mol. The summed E-state index contributed by atoms with van der Waals surface area (Å²) in [7, 11) is 1.67. The highest BCUT2D eigenvalue weighted by atomic mass is 16.5. The number of rotatable bonds is 2. The average Bonchev–Trinajstić information content (AvgIpc) is 2.30. The first-order valence-electron chi connectivity index (χ1n) is 5.30. The van der Waals surface area contributed by atoms with Gasteiger partial charge in [-0.3, -0.25) is 0 Å². The highest BCUT2D eigenvalue weighted by molar-refractivity contribution is 5.32. The number of methoxy groups -OCH3 is 1. The van der Waals surface area contributed by atoms with E-state index in [1.54, 1.807) is 7.11 Å². The van der Waals surface area contributed by atoms with Crippen molar-refractivity contribution >= 4 is 0 Å². The minimum Gasteiger partial charge on any atom is -0.497 e. The van der Waals surface area contributed by atoms with Crippen molar-refractivity contribution in [2.75, 3.05) is 7.11 Å². The topological polar surface area (TPSA) is 29.5 Å². The second-order valence-corrected chi connectivity index (χ2v) is 3.91. The molecule has 0 spiro atoms. The van der Waals surface area contributed by atoms with Crippen LogP contribution in [-0.4, -0.2) is 18.3 Å². The highest BCUT2D eigenvalue weighted by Crippen LogP contribution is 2.28. The lowest BCUT2D eigenvalue weighted by atomic mass is 9.88. The molecule has 0 amide bonds. The number of aliphatic hydroxyl groups is 1. The zero-order valence-corrected chi connectivity index (χ0v) is 8.89. The number of aliphatic hydroxyl groups excluding tert-OH is 1. The molecular formula is C13H16O2. The van der Waals surface area contributed by atoms with Crippen molar-refractivity contribution < 1.29 is 9.84 Å². The molecule has 0 saturated heterocycles. The van der Waals surface area contributed by atoms with Gasteiger partial charge in [-0.15, -0.1) is 0 Å². The van der Waals surface area contributed by atoms with Crippen molar-refractivity contribution in [2.45, 2.75) is 24.9 Å². The lowest BCUT2D eigenvalue weighted by molar-refractivity contribution is 0.201. The van der Waals surface area contributed by atoms with Gasteiger partial charge < -0.3 is 9.84 Å². The molecule has 80 valence electrons. The molecule has 0 unspecified atom stereocenters. The molecule has 0 saturated carbocycles. The Morgan fingerprint density at radius 1 is 1.13 bits per heavy atom. The molecule has 2 heteroatoms. The Kier molecular flexibility index (Phi) is 3.07. The third-order valence-corrected chi connectivity index (χ3v) is 2.88. The Morgan fingerprint density at radius 3 is 2.40 bits per heavy atom. The van der Waals surface area contributed by atoms with Crippen molar-refractivity contribution in [1.29, 1.82) is 0 Å². The maximum atomic E-state index is 9.35. The van der Waals surface area contributed by atoms with Crippen LogP contribution in [0.5, 0.6) is 5.75 Å². The van der Waals surface area contributed by atoms with E-state index in [1.807, 2.05) is 18.2 Å². The molecule has 1 N–H and O–H groups in total. The molecule has 0 aliphatic heterocycles.